The molecule has 2 aliphatic heterocycles. The highest BCUT2D eigenvalue weighted by molar-refractivity contribution is 6.43. The molecule has 0 spiro atoms. The molecule has 0 radical (unpaired) electrons. The maximum absolute atomic E-state index is 12.9. The number of ketones is 1. The number of carboxylic acid groups (broad SMARTS) is 1. The number of benzene rings is 1. The van der Waals surface area contributed by atoms with Gasteiger partial charge in [0.05, 0.1) is 0 Å². The number of carbonyl (C=O) groups excluding carboxylic acids is 3. The highest BCUT2D eigenvalue weighted by Gasteiger charge is 2.43. The number of carboxylic acids is 1. The van der Waals surface area contributed by atoms with Crippen LogP contribution in [0.4, 0.5) is 0 Å². The van der Waals surface area contributed by atoms with Gasteiger partial charge in [-0.3, -0.25) is 14.4 Å². The second-order valence-electron chi connectivity index (χ2n) is 6.49. The molecule has 7 heteroatoms. The molecule has 0 aromatic heterocycles. The molecule has 3 unspecified atom stereocenters. The lowest BCUT2D eigenvalue weighted by Gasteiger charge is -2.32. The lowest BCUT2D eigenvalue weighted by Crippen LogP contribution is -2.55. The van der Waals surface area contributed by atoms with Crippen LogP contribution in [0.1, 0.15) is 36.0 Å². The summed E-state index contributed by atoms with van der Waals surface area (Å²) in [5.74, 6) is -3.09. The summed E-state index contributed by atoms with van der Waals surface area (Å²) >= 11 is 0. The summed E-state index contributed by atoms with van der Waals surface area (Å²) in [5.41, 5.74) is 0.237. The van der Waals surface area contributed by atoms with Gasteiger partial charge < -0.3 is 15.3 Å². The van der Waals surface area contributed by atoms with Crippen molar-refractivity contribution in [1.29, 1.82) is 0 Å². The lowest BCUT2D eigenvalue weighted by molar-refractivity contribution is -0.150. The SMILES string of the molecule is O=C(NC1CC=CCC2CCC(C(=O)O)N2C1=O)C(=O)c1ccccc1. The summed E-state index contributed by atoms with van der Waals surface area (Å²) < 4.78 is 0. The van der Waals surface area contributed by atoms with Crippen LogP contribution in [0.2, 0.25) is 0 Å². The molecule has 1 aromatic rings. The summed E-state index contributed by atoms with van der Waals surface area (Å²) in [6, 6.07) is 6.06. The topological polar surface area (TPSA) is 104 Å². The molecule has 0 bridgehead atoms. The molecule has 1 aromatic carbocycles. The normalized spacial score (nSPS) is 25.2. The Morgan fingerprint density at radius 1 is 1.04 bits per heavy atom. The molecular formula is C19H20N2O5. The first kappa shape index (κ1) is 17.8. The van der Waals surface area contributed by atoms with Gasteiger partial charge in [0.15, 0.2) is 0 Å². The van der Waals surface area contributed by atoms with Crippen molar-refractivity contribution in [3.8, 4) is 0 Å². The first-order chi connectivity index (χ1) is 12.5. The van der Waals surface area contributed by atoms with E-state index in [4.69, 9.17) is 0 Å². The number of aliphatic carboxylic acids is 1. The third-order valence-electron chi connectivity index (χ3n) is 4.83. The monoisotopic (exact) mass is 356 g/mol. The molecule has 1 fully saturated rings. The van der Waals surface area contributed by atoms with Crippen LogP contribution in [0, 0.1) is 0 Å². The Morgan fingerprint density at radius 3 is 2.42 bits per heavy atom. The molecule has 136 valence electrons. The molecule has 2 heterocycles. The lowest BCUT2D eigenvalue weighted by atomic mass is 10.0. The molecule has 26 heavy (non-hydrogen) atoms. The first-order valence-corrected chi connectivity index (χ1v) is 8.59. The van der Waals surface area contributed by atoms with E-state index in [2.05, 4.69) is 5.32 Å². The Hall–Kier alpha value is -2.96. The standard InChI is InChI=1S/C19H20N2O5/c22-16(12-6-2-1-3-7-12)17(23)20-14-9-5-4-8-13-10-11-15(19(25)26)21(13)18(14)24/h1-7,13-15H,8-11H2,(H,20,23)(H,25,26). The highest BCUT2D eigenvalue weighted by Crippen LogP contribution is 2.29. The third-order valence-corrected chi connectivity index (χ3v) is 4.83. The molecular weight excluding hydrogens is 336 g/mol. The Labute approximate surface area is 150 Å². The van der Waals surface area contributed by atoms with Gasteiger partial charge in [0.1, 0.15) is 12.1 Å². The fraction of sp³-hybridized carbons (Fsp3) is 0.368. The number of rotatable bonds is 4. The van der Waals surface area contributed by atoms with Gasteiger partial charge in [0.25, 0.3) is 5.91 Å². The molecule has 2 N–H and O–H groups in total. The Bertz CT molecular complexity index is 758. The Kier molecular flexibility index (Phi) is 5.16. The number of Topliss-reactive ketones (excluding diaryl/α,β-unsaturated/α-hetero) is 1. The molecule has 1 saturated heterocycles. The number of nitrogens with one attached hydrogen (secondary N) is 1. The molecule has 0 aliphatic carbocycles. The van der Waals surface area contributed by atoms with Gasteiger partial charge in [0.2, 0.25) is 11.7 Å². The van der Waals surface area contributed by atoms with Crippen LogP contribution in [0.5, 0.6) is 0 Å². The van der Waals surface area contributed by atoms with E-state index in [1.165, 1.54) is 17.0 Å². The maximum Gasteiger partial charge on any atom is 0.326 e. The molecule has 0 saturated carbocycles. The van der Waals surface area contributed by atoms with Crippen LogP contribution in [0.25, 0.3) is 0 Å². The van der Waals surface area contributed by atoms with Gasteiger partial charge in [-0.25, -0.2) is 4.79 Å². The minimum atomic E-state index is -1.05. The fourth-order valence-electron chi connectivity index (χ4n) is 3.52. The van der Waals surface area contributed by atoms with Gasteiger partial charge in [-0.1, -0.05) is 42.5 Å². The van der Waals surface area contributed by atoms with Crippen molar-refractivity contribution in [2.75, 3.05) is 0 Å². The molecule has 2 aliphatic rings. The van der Waals surface area contributed by atoms with E-state index in [1.54, 1.807) is 24.3 Å². The predicted octanol–water partition coefficient (Wildman–Crippen LogP) is 1.15. The van der Waals surface area contributed by atoms with E-state index >= 15 is 0 Å². The van der Waals surface area contributed by atoms with Crippen LogP contribution in [0.3, 0.4) is 0 Å². The summed E-state index contributed by atoms with van der Waals surface area (Å²) in [5, 5.41) is 11.9. The summed E-state index contributed by atoms with van der Waals surface area (Å²) in [4.78, 5) is 50.2. The summed E-state index contributed by atoms with van der Waals surface area (Å²) in [6.45, 7) is 0. The zero-order chi connectivity index (χ0) is 18.7. The van der Waals surface area contributed by atoms with Crippen molar-refractivity contribution >= 4 is 23.6 Å². The van der Waals surface area contributed by atoms with Crippen LogP contribution in [-0.4, -0.2) is 51.7 Å². The third kappa shape index (κ3) is 3.51. The highest BCUT2D eigenvalue weighted by atomic mass is 16.4. The van der Waals surface area contributed by atoms with E-state index in [9.17, 15) is 24.3 Å². The summed E-state index contributed by atoms with van der Waals surface area (Å²) in [6.07, 6.45) is 5.51. The smallest absolute Gasteiger partial charge is 0.326 e. The van der Waals surface area contributed by atoms with E-state index in [-0.39, 0.29) is 18.0 Å². The van der Waals surface area contributed by atoms with Crippen LogP contribution in [0.15, 0.2) is 42.5 Å². The number of hydrogen-bond donors (Lipinski definition) is 2. The van der Waals surface area contributed by atoms with E-state index in [0.717, 1.165) is 0 Å². The number of hydrogen-bond acceptors (Lipinski definition) is 4. The number of carbonyl (C=O) groups is 4. The van der Waals surface area contributed by atoms with Crippen molar-refractivity contribution in [3.05, 3.63) is 48.0 Å². The Balaban J connectivity index is 1.78. The van der Waals surface area contributed by atoms with Crippen LogP contribution >= 0.6 is 0 Å². The maximum atomic E-state index is 12.9. The predicted molar refractivity (Wildman–Crippen MR) is 92.4 cm³/mol. The molecule has 3 rings (SSSR count). The van der Waals surface area contributed by atoms with Gasteiger partial charge >= 0.3 is 5.97 Å². The van der Waals surface area contributed by atoms with E-state index in [1.807, 2.05) is 6.08 Å². The van der Waals surface area contributed by atoms with Crippen molar-refractivity contribution < 1.29 is 24.3 Å². The van der Waals surface area contributed by atoms with Crippen molar-refractivity contribution in [2.24, 2.45) is 0 Å². The zero-order valence-electron chi connectivity index (χ0n) is 14.1. The van der Waals surface area contributed by atoms with E-state index in [0.29, 0.717) is 19.3 Å². The minimum Gasteiger partial charge on any atom is -0.480 e. The average Bonchev–Trinajstić information content (AvgIpc) is 3.06. The zero-order valence-corrected chi connectivity index (χ0v) is 14.1. The Morgan fingerprint density at radius 2 is 1.73 bits per heavy atom. The number of fused-ring (bicyclic) bond motifs is 1. The second-order valence-corrected chi connectivity index (χ2v) is 6.49. The van der Waals surface area contributed by atoms with E-state index < -0.39 is 35.7 Å². The number of amides is 2. The quantitative estimate of drug-likeness (QED) is 0.478. The molecule has 7 nitrogen and oxygen atoms in total. The van der Waals surface area contributed by atoms with Gasteiger partial charge in [-0.2, -0.15) is 0 Å². The van der Waals surface area contributed by atoms with Crippen LogP contribution in [-0.2, 0) is 14.4 Å². The molecule has 3 atom stereocenters. The first-order valence-electron chi connectivity index (χ1n) is 8.59. The average molecular weight is 356 g/mol. The summed E-state index contributed by atoms with van der Waals surface area (Å²) in [7, 11) is 0. The largest absolute Gasteiger partial charge is 0.480 e. The van der Waals surface area contributed by atoms with Crippen molar-refractivity contribution in [3.63, 3.8) is 0 Å². The number of nitrogens with zero attached hydrogens (tertiary/aromatic N) is 1. The van der Waals surface area contributed by atoms with Crippen molar-refractivity contribution in [1.82, 2.24) is 10.2 Å². The van der Waals surface area contributed by atoms with Gasteiger partial charge in [0, 0.05) is 11.6 Å². The fourth-order valence-corrected chi connectivity index (χ4v) is 3.52. The second kappa shape index (κ2) is 7.51. The van der Waals surface area contributed by atoms with Crippen molar-refractivity contribution in [2.45, 2.75) is 43.8 Å². The minimum absolute atomic E-state index is 0.190. The molecule has 2 amide bonds. The van der Waals surface area contributed by atoms with Gasteiger partial charge in [-0.15, -0.1) is 0 Å². The van der Waals surface area contributed by atoms with Gasteiger partial charge in [-0.05, 0) is 25.7 Å². The van der Waals surface area contributed by atoms with Crippen LogP contribution < -0.4 is 5.32 Å².